The molecule has 3 aromatic rings. The molecule has 0 aliphatic rings. The average Bonchev–Trinajstić information content (AvgIpc) is 3.19. The van der Waals surface area contributed by atoms with Crippen molar-refractivity contribution in [2.24, 2.45) is 11.7 Å². The van der Waals surface area contributed by atoms with Crippen molar-refractivity contribution in [3.8, 4) is 17.3 Å². The van der Waals surface area contributed by atoms with Crippen LogP contribution in [0.25, 0.3) is 22.2 Å². The molecule has 25 heavy (non-hydrogen) atoms. The zero-order valence-corrected chi connectivity index (χ0v) is 13.8. The van der Waals surface area contributed by atoms with E-state index in [2.05, 4.69) is 15.3 Å². The minimum atomic E-state index is -0.767. The maximum absolute atomic E-state index is 14.8. The molecule has 1 amide bonds. The molecule has 3 rings (SSSR count). The first-order valence-electron chi connectivity index (χ1n) is 7.87. The predicted molar refractivity (Wildman–Crippen MR) is 91.5 cm³/mol. The van der Waals surface area contributed by atoms with Gasteiger partial charge in [0.15, 0.2) is 23.3 Å². The Hall–Kier alpha value is -3.03. The summed E-state index contributed by atoms with van der Waals surface area (Å²) in [6, 6.07) is 2.54. The topological polar surface area (TPSA) is 117 Å². The number of fused-ring (bicyclic) bond motifs is 1. The van der Waals surface area contributed by atoms with E-state index in [1.807, 2.05) is 13.8 Å². The molecule has 8 heteroatoms. The van der Waals surface area contributed by atoms with E-state index in [4.69, 9.17) is 10.2 Å². The van der Waals surface area contributed by atoms with Crippen LogP contribution in [0.3, 0.4) is 0 Å². The Bertz CT molecular complexity index is 902. The van der Waals surface area contributed by atoms with Gasteiger partial charge in [0.1, 0.15) is 11.7 Å². The number of amides is 1. The number of rotatable bonds is 6. The number of aromatic hydroxyl groups is 1. The van der Waals surface area contributed by atoms with Crippen molar-refractivity contribution in [1.82, 2.24) is 9.97 Å². The highest BCUT2D eigenvalue weighted by Crippen LogP contribution is 2.37. The van der Waals surface area contributed by atoms with Crippen molar-refractivity contribution in [2.45, 2.75) is 26.3 Å². The van der Waals surface area contributed by atoms with Crippen molar-refractivity contribution in [1.29, 1.82) is 0 Å². The van der Waals surface area contributed by atoms with E-state index in [-0.39, 0.29) is 34.1 Å². The van der Waals surface area contributed by atoms with Gasteiger partial charge >= 0.3 is 0 Å². The maximum Gasteiger partial charge on any atom is 0.239 e. The number of hydrogen-bond acceptors (Lipinski definition) is 5. The quantitative estimate of drug-likeness (QED) is 0.547. The number of nitrogens with two attached hydrogens (primary N) is 1. The molecule has 0 saturated carbocycles. The lowest BCUT2D eigenvalue weighted by Gasteiger charge is -2.19. The number of primary amides is 1. The van der Waals surface area contributed by atoms with E-state index in [1.54, 1.807) is 12.1 Å². The second-order valence-electron chi connectivity index (χ2n) is 6.26. The molecule has 0 saturated heterocycles. The van der Waals surface area contributed by atoms with E-state index in [0.717, 1.165) is 0 Å². The number of hydrogen-bond donors (Lipinski definition) is 4. The summed E-state index contributed by atoms with van der Waals surface area (Å²) in [6.07, 6.45) is 3.22. The van der Waals surface area contributed by atoms with Gasteiger partial charge in [-0.3, -0.25) is 4.79 Å². The summed E-state index contributed by atoms with van der Waals surface area (Å²) in [5, 5.41) is 13.1. The first-order valence-corrected chi connectivity index (χ1v) is 7.87. The van der Waals surface area contributed by atoms with Crippen LogP contribution in [0.2, 0.25) is 0 Å². The molecule has 0 unspecified atom stereocenters. The molecule has 0 aliphatic carbocycles. The SMILES string of the molecule is CC(C)C[C@@H](Nc1nc(-c2ccco2)c2c(O)[nH]cc2c1F)C(N)=O. The molecule has 7 nitrogen and oxygen atoms in total. The van der Waals surface area contributed by atoms with Gasteiger partial charge in [0.25, 0.3) is 0 Å². The number of H-pyrrole nitrogens is 1. The minimum Gasteiger partial charge on any atom is -0.494 e. The fourth-order valence-electron chi connectivity index (χ4n) is 2.74. The van der Waals surface area contributed by atoms with Crippen LogP contribution in [0, 0.1) is 11.7 Å². The molecule has 1 atom stereocenters. The Labute approximate surface area is 143 Å². The zero-order chi connectivity index (χ0) is 18.1. The largest absolute Gasteiger partial charge is 0.494 e. The molecular formula is C17H19FN4O3. The van der Waals surface area contributed by atoms with Crippen molar-refractivity contribution in [3.63, 3.8) is 0 Å². The van der Waals surface area contributed by atoms with Gasteiger partial charge in [-0.25, -0.2) is 9.37 Å². The molecule has 132 valence electrons. The molecule has 0 fully saturated rings. The highest BCUT2D eigenvalue weighted by Gasteiger charge is 2.24. The third-order valence-electron chi connectivity index (χ3n) is 3.88. The second-order valence-corrected chi connectivity index (χ2v) is 6.26. The number of aromatic nitrogens is 2. The van der Waals surface area contributed by atoms with Crippen molar-refractivity contribution < 1.29 is 18.7 Å². The monoisotopic (exact) mass is 346 g/mol. The number of aromatic amines is 1. The summed E-state index contributed by atoms with van der Waals surface area (Å²) < 4.78 is 20.2. The number of nitrogens with one attached hydrogen (secondary N) is 2. The van der Waals surface area contributed by atoms with Gasteiger partial charge in [-0.05, 0) is 24.5 Å². The lowest BCUT2D eigenvalue weighted by atomic mass is 10.0. The van der Waals surface area contributed by atoms with Crippen LogP contribution in [-0.4, -0.2) is 27.0 Å². The van der Waals surface area contributed by atoms with Gasteiger partial charge in [0.05, 0.1) is 11.6 Å². The van der Waals surface area contributed by atoms with E-state index in [0.29, 0.717) is 12.2 Å². The lowest BCUT2D eigenvalue weighted by Crippen LogP contribution is -2.37. The highest BCUT2D eigenvalue weighted by atomic mass is 19.1. The average molecular weight is 346 g/mol. The number of anilines is 1. The third kappa shape index (κ3) is 3.15. The van der Waals surface area contributed by atoms with Crippen LogP contribution in [0.5, 0.6) is 5.88 Å². The van der Waals surface area contributed by atoms with Crippen LogP contribution in [0.4, 0.5) is 10.2 Å². The molecule has 3 aromatic heterocycles. The van der Waals surface area contributed by atoms with Crippen LogP contribution < -0.4 is 11.1 Å². The smallest absolute Gasteiger partial charge is 0.239 e. The van der Waals surface area contributed by atoms with Crippen LogP contribution in [0.1, 0.15) is 20.3 Å². The summed E-state index contributed by atoms with van der Waals surface area (Å²) in [6.45, 7) is 3.87. The number of pyridine rings is 1. The normalized spacial score (nSPS) is 12.6. The van der Waals surface area contributed by atoms with Gasteiger partial charge in [0.2, 0.25) is 5.91 Å². The summed E-state index contributed by atoms with van der Waals surface area (Å²) >= 11 is 0. The van der Waals surface area contributed by atoms with Crippen molar-refractivity contribution >= 4 is 22.5 Å². The Morgan fingerprint density at radius 3 is 2.88 bits per heavy atom. The summed E-state index contributed by atoms with van der Waals surface area (Å²) in [5.41, 5.74) is 5.68. The molecular weight excluding hydrogens is 327 g/mol. The fraction of sp³-hybridized carbons (Fsp3) is 0.294. The Kier molecular flexibility index (Phi) is 4.35. The summed E-state index contributed by atoms with van der Waals surface area (Å²) in [4.78, 5) is 18.5. The number of carbonyl (C=O) groups excluding carboxylic acids is 1. The molecule has 0 aliphatic heterocycles. The van der Waals surface area contributed by atoms with Crippen LogP contribution >= 0.6 is 0 Å². The standard InChI is InChI=1S/C17H19FN4O3/c1-8(2)6-10(15(19)23)21-16-13(18)9-7-20-17(24)12(9)14(22-16)11-4-3-5-25-11/h3-5,7-8,10,20-21,24H,6H2,1-2H3,(H2,19,23)/t10-/m1/s1. The molecule has 0 spiro atoms. The molecule has 3 heterocycles. The number of furan rings is 1. The van der Waals surface area contributed by atoms with Gasteiger partial charge < -0.3 is 25.6 Å². The number of halogens is 1. The lowest BCUT2D eigenvalue weighted by molar-refractivity contribution is -0.119. The minimum absolute atomic E-state index is 0.123. The van der Waals surface area contributed by atoms with Gasteiger partial charge in [-0.2, -0.15) is 0 Å². The Morgan fingerprint density at radius 1 is 1.52 bits per heavy atom. The van der Waals surface area contributed by atoms with E-state index in [1.165, 1.54) is 12.5 Å². The van der Waals surface area contributed by atoms with Crippen LogP contribution in [-0.2, 0) is 4.79 Å². The van der Waals surface area contributed by atoms with Crippen LogP contribution in [0.15, 0.2) is 29.0 Å². The van der Waals surface area contributed by atoms with Gasteiger partial charge in [-0.15, -0.1) is 0 Å². The first kappa shape index (κ1) is 16.8. The number of nitrogens with zero attached hydrogens (tertiary/aromatic N) is 1. The molecule has 0 bridgehead atoms. The van der Waals surface area contributed by atoms with Crippen molar-refractivity contribution in [2.75, 3.05) is 5.32 Å². The first-order chi connectivity index (χ1) is 11.9. The highest BCUT2D eigenvalue weighted by molar-refractivity contribution is 6.00. The zero-order valence-electron chi connectivity index (χ0n) is 13.8. The molecule has 0 radical (unpaired) electrons. The number of carbonyl (C=O) groups is 1. The van der Waals surface area contributed by atoms with E-state index < -0.39 is 17.8 Å². The van der Waals surface area contributed by atoms with Gasteiger partial charge in [-0.1, -0.05) is 13.8 Å². The van der Waals surface area contributed by atoms with E-state index >= 15 is 0 Å². The summed E-state index contributed by atoms with van der Waals surface area (Å²) in [5.74, 6) is -1.07. The van der Waals surface area contributed by atoms with E-state index in [9.17, 15) is 14.3 Å². The van der Waals surface area contributed by atoms with Gasteiger partial charge in [0, 0.05) is 11.6 Å². The second kappa shape index (κ2) is 6.46. The third-order valence-corrected chi connectivity index (χ3v) is 3.88. The van der Waals surface area contributed by atoms with Crippen molar-refractivity contribution in [3.05, 3.63) is 30.4 Å². The Balaban J connectivity index is 2.13. The predicted octanol–water partition coefficient (Wildman–Crippen LogP) is 2.98. The summed E-state index contributed by atoms with van der Waals surface area (Å²) in [7, 11) is 0. The molecule has 0 aromatic carbocycles. The maximum atomic E-state index is 14.8. The fourth-order valence-corrected chi connectivity index (χ4v) is 2.74. The Morgan fingerprint density at radius 2 is 2.28 bits per heavy atom. The molecule has 5 N–H and O–H groups in total.